The van der Waals surface area contributed by atoms with Crippen LogP contribution < -0.4 is 10.6 Å². The molecule has 7 nitrogen and oxygen atoms in total. The van der Waals surface area contributed by atoms with Gasteiger partial charge in [-0.25, -0.2) is 0 Å². The summed E-state index contributed by atoms with van der Waals surface area (Å²) in [6.45, 7) is 3.17. The number of hydrogen-bond donors (Lipinski definition) is 2. The molecule has 3 amide bonds. The number of nitrogens with one attached hydrogen (secondary N) is 2. The number of likely N-dealkylation sites (N-methyl/N-ethyl adjacent to an activating group) is 1. The number of imide groups is 1. The summed E-state index contributed by atoms with van der Waals surface area (Å²) in [5.74, 6) is -0.715. The maximum atomic E-state index is 13.1. The number of carbonyl (C=O) groups is 3. The Bertz CT molecular complexity index is 788. The molecular formula is C21H28N4O3. The Morgan fingerprint density at radius 1 is 1.18 bits per heavy atom. The molecule has 0 bridgehead atoms. The molecule has 0 aromatic heterocycles. The van der Waals surface area contributed by atoms with Gasteiger partial charge in [0.05, 0.1) is 0 Å². The normalized spacial score (nSPS) is 25.2. The third-order valence-electron chi connectivity index (χ3n) is 6.02. The fourth-order valence-corrected chi connectivity index (χ4v) is 4.63. The van der Waals surface area contributed by atoms with Gasteiger partial charge < -0.3 is 15.1 Å². The molecule has 3 heterocycles. The van der Waals surface area contributed by atoms with Crippen LogP contribution in [-0.4, -0.2) is 59.7 Å². The fraction of sp³-hybridized carbons (Fsp3) is 0.571. The number of piperidine rings is 2. The monoisotopic (exact) mass is 384 g/mol. The summed E-state index contributed by atoms with van der Waals surface area (Å²) < 4.78 is 0. The van der Waals surface area contributed by atoms with Gasteiger partial charge in [-0.2, -0.15) is 0 Å². The summed E-state index contributed by atoms with van der Waals surface area (Å²) >= 11 is 0. The Kier molecular flexibility index (Phi) is 5.46. The summed E-state index contributed by atoms with van der Waals surface area (Å²) in [5.41, 5.74) is 2.71. The van der Waals surface area contributed by atoms with Gasteiger partial charge in [0.2, 0.25) is 11.8 Å². The van der Waals surface area contributed by atoms with Gasteiger partial charge in [-0.05, 0) is 44.0 Å². The van der Waals surface area contributed by atoms with Gasteiger partial charge in [0, 0.05) is 37.7 Å². The highest BCUT2D eigenvalue weighted by Gasteiger charge is 2.40. The lowest BCUT2D eigenvalue weighted by molar-refractivity contribution is -0.136. The standard InChI is InChI=1S/C21H28N4O3/c1-24(13-16-7-2-3-10-22-16)11-14-5-4-6-15-12-25(21(28)19(14)15)17-8-9-18(26)23-20(17)27/h4-6,16-17,22H,2-3,7-13H2,1H3,(H,23,26,27)/t16-,17?/m0/s1. The minimum absolute atomic E-state index is 0.0932. The van der Waals surface area contributed by atoms with Crippen molar-refractivity contribution in [3.63, 3.8) is 0 Å². The van der Waals surface area contributed by atoms with Crippen LogP contribution in [0.25, 0.3) is 0 Å². The van der Waals surface area contributed by atoms with Crippen molar-refractivity contribution in [2.45, 2.75) is 57.3 Å². The Hall–Kier alpha value is -2.25. The number of hydrogen-bond acceptors (Lipinski definition) is 5. The average Bonchev–Trinajstić information content (AvgIpc) is 3.00. The van der Waals surface area contributed by atoms with E-state index in [-0.39, 0.29) is 24.1 Å². The van der Waals surface area contributed by atoms with Crippen LogP contribution in [0.2, 0.25) is 0 Å². The van der Waals surface area contributed by atoms with Gasteiger partial charge in [0.25, 0.3) is 5.91 Å². The molecule has 1 unspecified atom stereocenters. The zero-order valence-electron chi connectivity index (χ0n) is 16.4. The Balaban J connectivity index is 1.47. The average molecular weight is 384 g/mol. The van der Waals surface area contributed by atoms with Crippen LogP contribution in [0, 0.1) is 0 Å². The van der Waals surface area contributed by atoms with E-state index < -0.39 is 6.04 Å². The second-order valence-corrected chi connectivity index (χ2v) is 8.19. The largest absolute Gasteiger partial charge is 0.322 e. The number of amides is 3. The highest BCUT2D eigenvalue weighted by Crippen LogP contribution is 2.30. The van der Waals surface area contributed by atoms with E-state index in [1.54, 1.807) is 4.90 Å². The first-order chi connectivity index (χ1) is 13.5. The molecule has 0 aliphatic carbocycles. The number of fused-ring (bicyclic) bond motifs is 1. The smallest absolute Gasteiger partial charge is 0.255 e. The van der Waals surface area contributed by atoms with Crippen molar-refractivity contribution in [1.29, 1.82) is 0 Å². The molecule has 2 atom stereocenters. The molecule has 7 heteroatoms. The first kappa shape index (κ1) is 19.1. The summed E-state index contributed by atoms with van der Waals surface area (Å²) in [6.07, 6.45) is 4.38. The molecule has 2 fully saturated rings. The van der Waals surface area contributed by atoms with Crippen molar-refractivity contribution < 1.29 is 14.4 Å². The first-order valence-corrected chi connectivity index (χ1v) is 10.2. The topological polar surface area (TPSA) is 81.8 Å². The minimum Gasteiger partial charge on any atom is -0.322 e. The maximum Gasteiger partial charge on any atom is 0.255 e. The van der Waals surface area contributed by atoms with Crippen molar-refractivity contribution in [3.05, 3.63) is 34.9 Å². The molecule has 0 saturated carbocycles. The molecule has 4 rings (SSSR count). The van der Waals surface area contributed by atoms with Gasteiger partial charge in [0.1, 0.15) is 6.04 Å². The quantitative estimate of drug-likeness (QED) is 0.741. The van der Waals surface area contributed by atoms with Crippen molar-refractivity contribution >= 4 is 17.7 Å². The minimum atomic E-state index is -0.561. The third-order valence-corrected chi connectivity index (χ3v) is 6.02. The van der Waals surface area contributed by atoms with E-state index in [1.165, 1.54) is 19.3 Å². The van der Waals surface area contributed by atoms with Gasteiger partial charge in [0.15, 0.2) is 0 Å². The van der Waals surface area contributed by atoms with Crippen LogP contribution in [0.1, 0.15) is 53.6 Å². The predicted octanol–water partition coefficient (Wildman–Crippen LogP) is 1.02. The van der Waals surface area contributed by atoms with Gasteiger partial charge in [-0.3, -0.25) is 19.7 Å². The van der Waals surface area contributed by atoms with Crippen LogP contribution >= 0.6 is 0 Å². The molecule has 150 valence electrons. The number of nitrogens with zero attached hydrogens (tertiary/aromatic N) is 2. The molecule has 0 radical (unpaired) electrons. The molecule has 0 spiro atoms. The molecule has 3 aliphatic rings. The van der Waals surface area contributed by atoms with E-state index in [2.05, 4.69) is 22.6 Å². The Morgan fingerprint density at radius 3 is 2.79 bits per heavy atom. The van der Waals surface area contributed by atoms with Crippen LogP contribution in [-0.2, 0) is 22.7 Å². The van der Waals surface area contributed by atoms with E-state index in [0.29, 0.717) is 25.6 Å². The van der Waals surface area contributed by atoms with Crippen molar-refractivity contribution in [3.8, 4) is 0 Å². The van der Waals surface area contributed by atoms with Gasteiger partial charge in [-0.1, -0.05) is 24.6 Å². The summed E-state index contributed by atoms with van der Waals surface area (Å²) in [6, 6.07) is 5.91. The molecule has 1 aromatic carbocycles. The Morgan fingerprint density at radius 2 is 2.04 bits per heavy atom. The fourth-order valence-electron chi connectivity index (χ4n) is 4.63. The van der Waals surface area contributed by atoms with Crippen molar-refractivity contribution in [2.75, 3.05) is 20.1 Å². The molecule has 28 heavy (non-hydrogen) atoms. The number of rotatable bonds is 5. The van der Waals surface area contributed by atoms with Crippen molar-refractivity contribution in [2.24, 2.45) is 0 Å². The third kappa shape index (κ3) is 3.82. The maximum absolute atomic E-state index is 13.1. The van der Waals surface area contributed by atoms with Crippen molar-refractivity contribution in [1.82, 2.24) is 20.4 Å². The molecule has 3 aliphatic heterocycles. The van der Waals surface area contributed by atoms with E-state index >= 15 is 0 Å². The molecule has 2 N–H and O–H groups in total. The molecule has 1 aromatic rings. The zero-order valence-corrected chi connectivity index (χ0v) is 16.4. The van der Waals surface area contributed by atoms with E-state index in [1.807, 2.05) is 18.2 Å². The number of carbonyl (C=O) groups excluding carboxylic acids is 3. The highest BCUT2D eigenvalue weighted by molar-refractivity contribution is 6.05. The predicted molar refractivity (Wildman–Crippen MR) is 104 cm³/mol. The highest BCUT2D eigenvalue weighted by atomic mass is 16.2. The van der Waals surface area contributed by atoms with E-state index in [4.69, 9.17) is 0 Å². The van der Waals surface area contributed by atoms with E-state index in [0.717, 1.165) is 29.8 Å². The van der Waals surface area contributed by atoms with Crippen LogP contribution in [0.3, 0.4) is 0 Å². The number of benzene rings is 1. The van der Waals surface area contributed by atoms with Gasteiger partial charge >= 0.3 is 0 Å². The van der Waals surface area contributed by atoms with Crippen LogP contribution in [0.5, 0.6) is 0 Å². The molecular weight excluding hydrogens is 356 g/mol. The summed E-state index contributed by atoms with van der Waals surface area (Å²) in [4.78, 5) is 40.7. The molecule has 2 saturated heterocycles. The lowest BCUT2D eigenvalue weighted by Crippen LogP contribution is -2.52. The first-order valence-electron chi connectivity index (χ1n) is 10.2. The second kappa shape index (κ2) is 8.01. The lowest BCUT2D eigenvalue weighted by Gasteiger charge is -2.29. The SMILES string of the molecule is CN(Cc1cccc2c1C(=O)N(C1CCC(=O)NC1=O)C2)C[C@@H]1CCCCN1. The second-order valence-electron chi connectivity index (χ2n) is 8.19. The Labute approximate surface area is 165 Å². The van der Waals surface area contributed by atoms with Crippen LogP contribution in [0.15, 0.2) is 18.2 Å². The summed E-state index contributed by atoms with van der Waals surface area (Å²) in [7, 11) is 2.09. The lowest BCUT2D eigenvalue weighted by atomic mass is 10.0. The van der Waals surface area contributed by atoms with Gasteiger partial charge in [-0.15, -0.1) is 0 Å². The summed E-state index contributed by atoms with van der Waals surface area (Å²) in [5, 5.41) is 5.93. The van der Waals surface area contributed by atoms with Crippen LogP contribution in [0.4, 0.5) is 0 Å². The van der Waals surface area contributed by atoms with E-state index in [9.17, 15) is 14.4 Å². The zero-order chi connectivity index (χ0) is 19.7.